The highest BCUT2D eigenvalue weighted by molar-refractivity contribution is 5.82. The Labute approximate surface area is 183 Å². The van der Waals surface area contributed by atoms with Gasteiger partial charge in [-0.1, -0.05) is 55.1 Å². The van der Waals surface area contributed by atoms with Crippen LogP contribution in [-0.4, -0.2) is 31.8 Å². The van der Waals surface area contributed by atoms with Crippen LogP contribution in [0.5, 0.6) is 0 Å². The summed E-state index contributed by atoms with van der Waals surface area (Å²) in [6, 6.07) is 18.5. The Bertz CT molecular complexity index is 980. The van der Waals surface area contributed by atoms with Crippen molar-refractivity contribution in [2.45, 2.75) is 38.5 Å². The van der Waals surface area contributed by atoms with Gasteiger partial charge in [-0.15, -0.1) is 0 Å². The number of para-hydroxylation sites is 1. The second kappa shape index (κ2) is 7.81. The summed E-state index contributed by atoms with van der Waals surface area (Å²) in [6.45, 7) is 7.54. The summed E-state index contributed by atoms with van der Waals surface area (Å²) in [5.41, 5.74) is 3.77. The van der Waals surface area contributed by atoms with E-state index in [2.05, 4.69) is 24.0 Å². The van der Waals surface area contributed by atoms with Crippen LogP contribution in [0.3, 0.4) is 0 Å². The van der Waals surface area contributed by atoms with Gasteiger partial charge in [-0.2, -0.15) is 0 Å². The smallest absolute Gasteiger partial charge is 0.302 e. The van der Waals surface area contributed by atoms with Crippen LogP contribution in [0.15, 0.2) is 61.2 Å². The average molecular weight is 420 g/mol. The number of ether oxygens (including phenoxy) is 3. The van der Waals surface area contributed by atoms with Gasteiger partial charge in [0.1, 0.15) is 6.61 Å². The van der Waals surface area contributed by atoms with Crippen molar-refractivity contribution < 1.29 is 19.0 Å². The zero-order chi connectivity index (χ0) is 21.5. The summed E-state index contributed by atoms with van der Waals surface area (Å²) in [7, 11) is 0. The summed E-state index contributed by atoms with van der Waals surface area (Å²) in [6.07, 6.45) is 2.41. The Morgan fingerprint density at radius 3 is 2.58 bits per heavy atom. The molecular formula is C26H29NO4. The summed E-state index contributed by atoms with van der Waals surface area (Å²) in [5.74, 6) is -0.264. The number of benzene rings is 2. The highest BCUT2D eigenvalue weighted by Crippen LogP contribution is 2.58. The number of rotatable bonds is 3. The molecule has 5 rings (SSSR count). The monoisotopic (exact) mass is 419 g/mol. The molecule has 1 saturated carbocycles. The van der Waals surface area contributed by atoms with E-state index < -0.39 is 0 Å². The van der Waals surface area contributed by atoms with Crippen molar-refractivity contribution in [3.8, 4) is 0 Å². The van der Waals surface area contributed by atoms with Gasteiger partial charge < -0.3 is 19.5 Å². The molecule has 5 nitrogen and oxygen atoms in total. The van der Waals surface area contributed by atoms with Crippen LogP contribution >= 0.6 is 0 Å². The molecule has 5 heteroatoms. The quantitative estimate of drug-likeness (QED) is 0.713. The van der Waals surface area contributed by atoms with E-state index in [0.29, 0.717) is 19.8 Å². The SMILES string of the molecule is C=C1c2ccccc2N[C@H]2CCC3(COC(c4ccccc4)OC3)C[C@@]12COC(C)=O. The maximum Gasteiger partial charge on any atom is 0.302 e. The van der Waals surface area contributed by atoms with Crippen molar-refractivity contribution in [2.75, 3.05) is 25.1 Å². The maximum absolute atomic E-state index is 11.8. The number of esters is 1. The Morgan fingerprint density at radius 1 is 1.13 bits per heavy atom. The molecule has 0 unspecified atom stereocenters. The minimum Gasteiger partial charge on any atom is -0.465 e. The van der Waals surface area contributed by atoms with Crippen LogP contribution in [0.1, 0.15) is 43.6 Å². The van der Waals surface area contributed by atoms with Crippen molar-refractivity contribution in [3.63, 3.8) is 0 Å². The van der Waals surface area contributed by atoms with Gasteiger partial charge in [-0.25, -0.2) is 0 Å². The topological polar surface area (TPSA) is 56.8 Å². The Morgan fingerprint density at radius 2 is 1.84 bits per heavy atom. The fourth-order valence-electron chi connectivity index (χ4n) is 5.58. The van der Waals surface area contributed by atoms with E-state index in [0.717, 1.165) is 41.6 Å². The zero-order valence-electron chi connectivity index (χ0n) is 17.9. The molecule has 0 radical (unpaired) electrons. The van der Waals surface area contributed by atoms with Crippen molar-refractivity contribution in [3.05, 3.63) is 72.3 Å². The summed E-state index contributed by atoms with van der Waals surface area (Å²) in [5, 5.41) is 3.72. The molecule has 2 atom stereocenters. The van der Waals surface area contributed by atoms with Gasteiger partial charge >= 0.3 is 5.97 Å². The average Bonchev–Trinajstić information content (AvgIpc) is 2.80. The van der Waals surface area contributed by atoms with E-state index in [1.54, 1.807) is 0 Å². The lowest BCUT2D eigenvalue weighted by molar-refractivity contribution is -0.247. The molecule has 2 heterocycles. The van der Waals surface area contributed by atoms with Gasteiger partial charge in [0.25, 0.3) is 0 Å². The predicted molar refractivity (Wildman–Crippen MR) is 119 cm³/mol. The number of hydrogen-bond acceptors (Lipinski definition) is 5. The van der Waals surface area contributed by atoms with Crippen LogP contribution in [0.25, 0.3) is 5.57 Å². The molecule has 1 aliphatic carbocycles. The van der Waals surface area contributed by atoms with Crippen molar-refractivity contribution in [1.82, 2.24) is 0 Å². The molecule has 1 saturated heterocycles. The normalized spacial score (nSPS) is 32.0. The van der Waals surface area contributed by atoms with Gasteiger partial charge in [-0.3, -0.25) is 4.79 Å². The van der Waals surface area contributed by atoms with Crippen LogP contribution in [0, 0.1) is 10.8 Å². The number of anilines is 1. The molecule has 2 fully saturated rings. The number of carbonyl (C=O) groups is 1. The van der Waals surface area contributed by atoms with Crippen LogP contribution in [-0.2, 0) is 19.0 Å². The number of carbonyl (C=O) groups excluding carboxylic acids is 1. The highest BCUT2D eigenvalue weighted by Gasteiger charge is 2.56. The molecule has 2 aromatic carbocycles. The third kappa shape index (κ3) is 3.56. The molecule has 1 N–H and O–H groups in total. The Hall–Kier alpha value is -2.63. The molecular weight excluding hydrogens is 390 g/mol. The molecule has 0 amide bonds. The first kappa shape index (κ1) is 20.3. The third-order valence-electron chi connectivity index (χ3n) is 7.19. The fourth-order valence-corrected chi connectivity index (χ4v) is 5.58. The summed E-state index contributed by atoms with van der Waals surface area (Å²) >= 11 is 0. The Kier molecular flexibility index (Phi) is 5.11. The van der Waals surface area contributed by atoms with Crippen molar-refractivity contribution in [1.29, 1.82) is 0 Å². The van der Waals surface area contributed by atoms with Crippen molar-refractivity contribution in [2.24, 2.45) is 10.8 Å². The lowest BCUT2D eigenvalue weighted by atomic mass is 9.55. The number of nitrogens with one attached hydrogen (secondary N) is 1. The standard InChI is InChI=1S/C26H29NO4/c1-18-21-10-6-7-11-22(21)27-23-12-13-25(14-26(18,23)17-29-19(2)28)15-30-24(31-16-25)20-8-4-3-5-9-20/h3-11,23-24,27H,1,12-17H2,2H3/t23-,24?,25?,26+/m0/s1. The van der Waals surface area contributed by atoms with Crippen molar-refractivity contribution >= 4 is 17.2 Å². The zero-order valence-corrected chi connectivity index (χ0v) is 17.9. The first-order chi connectivity index (χ1) is 15.0. The van der Waals surface area contributed by atoms with Crippen LogP contribution in [0.4, 0.5) is 5.69 Å². The van der Waals surface area contributed by atoms with E-state index in [1.807, 2.05) is 42.5 Å². The number of hydrogen-bond donors (Lipinski definition) is 1. The molecule has 0 aromatic heterocycles. The van der Waals surface area contributed by atoms with Gasteiger partial charge in [0.15, 0.2) is 6.29 Å². The van der Waals surface area contributed by atoms with Gasteiger partial charge in [0.2, 0.25) is 0 Å². The maximum atomic E-state index is 11.8. The summed E-state index contributed by atoms with van der Waals surface area (Å²) in [4.78, 5) is 11.8. The summed E-state index contributed by atoms with van der Waals surface area (Å²) < 4.78 is 18.1. The lowest BCUT2D eigenvalue weighted by Crippen LogP contribution is -2.57. The van der Waals surface area contributed by atoms with Gasteiger partial charge in [0, 0.05) is 35.2 Å². The second-order valence-electron chi connectivity index (χ2n) is 9.24. The number of fused-ring (bicyclic) bond motifs is 2. The molecule has 2 aliphatic heterocycles. The molecule has 0 bridgehead atoms. The van der Waals surface area contributed by atoms with Crippen LogP contribution in [0.2, 0.25) is 0 Å². The Balaban J connectivity index is 1.43. The predicted octanol–water partition coefficient (Wildman–Crippen LogP) is 4.96. The van der Waals surface area contributed by atoms with Gasteiger partial charge in [-0.05, 0) is 30.9 Å². The fraction of sp³-hybridized carbons (Fsp3) is 0.423. The molecule has 31 heavy (non-hydrogen) atoms. The van der Waals surface area contributed by atoms with E-state index in [-0.39, 0.29) is 29.1 Å². The molecule has 3 aliphatic rings. The van der Waals surface area contributed by atoms with E-state index in [4.69, 9.17) is 14.2 Å². The van der Waals surface area contributed by atoms with E-state index in [9.17, 15) is 4.79 Å². The molecule has 1 spiro atoms. The first-order valence-corrected chi connectivity index (χ1v) is 11.0. The first-order valence-electron chi connectivity index (χ1n) is 11.0. The van der Waals surface area contributed by atoms with Gasteiger partial charge in [0.05, 0.1) is 18.6 Å². The van der Waals surface area contributed by atoms with Crippen LogP contribution < -0.4 is 5.32 Å². The third-order valence-corrected chi connectivity index (χ3v) is 7.19. The highest BCUT2D eigenvalue weighted by atomic mass is 16.7. The lowest BCUT2D eigenvalue weighted by Gasteiger charge is -2.56. The molecule has 2 aromatic rings. The minimum absolute atomic E-state index is 0.126. The van der Waals surface area contributed by atoms with E-state index in [1.165, 1.54) is 6.92 Å². The second-order valence-corrected chi connectivity index (χ2v) is 9.24. The largest absolute Gasteiger partial charge is 0.465 e. The minimum atomic E-state index is -0.384. The molecule has 162 valence electrons. The van der Waals surface area contributed by atoms with E-state index >= 15 is 0 Å².